The highest BCUT2D eigenvalue weighted by Gasteiger charge is 2.26. The number of likely N-dealkylation sites (tertiary alicyclic amines) is 1. The van der Waals surface area contributed by atoms with Crippen molar-refractivity contribution in [3.05, 3.63) is 24.3 Å². The summed E-state index contributed by atoms with van der Waals surface area (Å²) in [6.07, 6.45) is 6.43. The largest absolute Gasteiger partial charge is 0.384 e. The Morgan fingerprint density at radius 3 is 2.70 bits per heavy atom. The van der Waals surface area contributed by atoms with Crippen molar-refractivity contribution in [2.75, 3.05) is 32.1 Å². The first kappa shape index (κ1) is 16.7. The second kappa shape index (κ2) is 8.06. The van der Waals surface area contributed by atoms with Crippen LogP contribution in [0.4, 0.5) is 10.5 Å². The molecular formula is C18H26N2O2S. The molecule has 1 aromatic carbocycles. The van der Waals surface area contributed by atoms with Gasteiger partial charge in [0, 0.05) is 42.0 Å². The van der Waals surface area contributed by atoms with Gasteiger partial charge in [0.2, 0.25) is 0 Å². The van der Waals surface area contributed by atoms with Crippen LogP contribution < -0.4 is 5.32 Å². The highest BCUT2D eigenvalue weighted by atomic mass is 32.2. The molecule has 0 aromatic heterocycles. The molecule has 1 heterocycles. The number of carbonyl (C=O) groups is 1. The monoisotopic (exact) mass is 334 g/mol. The Bertz CT molecular complexity index is 514. The molecule has 1 saturated carbocycles. The summed E-state index contributed by atoms with van der Waals surface area (Å²) in [6, 6.07) is 8.27. The number of methoxy groups -OCH3 is 1. The zero-order valence-corrected chi connectivity index (χ0v) is 14.6. The van der Waals surface area contributed by atoms with Crippen LogP contribution in [0.2, 0.25) is 0 Å². The summed E-state index contributed by atoms with van der Waals surface area (Å²) in [5, 5.41) is 3.78. The van der Waals surface area contributed by atoms with Crippen molar-refractivity contribution in [3.63, 3.8) is 0 Å². The van der Waals surface area contributed by atoms with E-state index in [-0.39, 0.29) is 6.03 Å². The van der Waals surface area contributed by atoms with Gasteiger partial charge in [-0.3, -0.25) is 0 Å². The third kappa shape index (κ3) is 4.64. The second-order valence-corrected chi connectivity index (χ2v) is 7.91. The summed E-state index contributed by atoms with van der Waals surface area (Å²) in [7, 11) is 1.72. The molecule has 0 spiro atoms. The van der Waals surface area contributed by atoms with Gasteiger partial charge in [-0.2, -0.15) is 0 Å². The molecular weight excluding hydrogens is 308 g/mol. The normalized spacial score (nSPS) is 21.8. The van der Waals surface area contributed by atoms with Crippen molar-refractivity contribution in [2.24, 2.45) is 5.92 Å². The number of benzene rings is 1. The number of hydrogen-bond donors (Lipinski definition) is 1. The van der Waals surface area contributed by atoms with Crippen LogP contribution >= 0.6 is 11.8 Å². The number of nitrogens with zero attached hydrogens (tertiary/aromatic N) is 1. The van der Waals surface area contributed by atoms with Gasteiger partial charge in [-0.1, -0.05) is 12.8 Å². The third-order valence-corrected chi connectivity index (χ3v) is 6.04. The topological polar surface area (TPSA) is 41.6 Å². The van der Waals surface area contributed by atoms with Crippen molar-refractivity contribution >= 4 is 23.5 Å². The molecule has 23 heavy (non-hydrogen) atoms. The molecule has 1 aliphatic heterocycles. The molecule has 1 N–H and O–H groups in total. The zero-order chi connectivity index (χ0) is 16.1. The molecule has 3 rings (SSSR count). The van der Waals surface area contributed by atoms with Gasteiger partial charge < -0.3 is 15.0 Å². The fourth-order valence-electron chi connectivity index (χ4n) is 3.41. The number of anilines is 1. The first-order chi connectivity index (χ1) is 11.2. The van der Waals surface area contributed by atoms with E-state index in [0.717, 1.165) is 37.1 Å². The number of urea groups is 1. The van der Waals surface area contributed by atoms with Gasteiger partial charge in [-0.25, -0.2) is 4.79 Å². The molecule has 2 fully saturated rings. The second-order valence-electron chi connectivity index (χ2n) is 6.53. The highest BCUT2D eigenvalue weighted by molar-refractivity contribution is 8.00. The molecule has 5 heteroatoms. The molecule has 0 radical (unpaired) electrons. The fraction of sp³-hybridized carbons (Fsp3) is 0.611. The number of thioether (sulfide) groups is 1. The Balaban J connectivity index is 1.48. The summed E-state index contributed by atoms with van der Waals surface area (Å²) in [5.41, 5.74) is 0.876. The zero-order valence-electron chi connectivity index (χ0n) is 13.8. The lowest BCUT2D eigenvalue weighted by Gasteiger charge is -2.17. The van der Waals surface area contributed by atoms with Gasteiger partial charge in [0.05, 0.1) is 6.61 Å². The standard InChI is InChI=1S/C18H26N2O2S/c1-22-13-14-10-11-20(12-14)18(21)19-15-6-8-17(9-7-15)23-16-4-2-3-5-16/h6-9,14,16H,2-5,10-13H2,1H3,(H,19,21). The molecule has 1 unspecified atom stereocenters. The SMILES string of the molecule is COCC1CCN(C(=O)Nc2ccc(SC3CCCC3)cc2)C1. The maximum absolute atomic E-state index is 12.3. The Morgan fingerprint density at radius 2 is 2.00 bits per heavy atom. The quantitative estimate of drug-likeness (QED) is 0.876. The van der Waals surface area contributed by atoms with Crippen LogP contribution in [0.15, 0.2) is 29.2 Å². The van der Waals surface area contributed by atoms with Gasteiger partial charge in [0.1, 0.15) is 0 Å². The number of nitrogens with one attached hydrogen (secondary N) is 1. The predicted octanol–water partition coefficient (Wildman–Crippen LogP) is 4.22. The van der Waals surface area contributed by atoms with Crippen LogP contribution in [0.25, 0.3) is 0 Å². The van der Waals surface area contributed by atoms with E-state index in [2.05, 4.69) is 17.4 Å². The van der Waals surface area contributed by atoms with Crippen molar-refractivity contribution in [1.29, 1.82) is 0 Å². The van der Waals surface area contributed by atoms with Crippen LogP contribution in [0, 0.1) is 5.92 Å². The summed E-state index contributed by atoms with van der Waals surface area (Å²) in [4.78, 5) is 15.5. The Labute approximate surface area is 143 Å². The molecule has 1 aliphatic carbocycles. The van der Waals surface area contributed by atoms with Crippen molar-refractivity contribution < 1.29 is 9.53 Å². The van der Waals surface area contributed by atoms with E-state index in [1.165, 1.54) is 30.6 Å². The lowest BCUT2D eigenvalue weighted by atomic mass is 10.1. The van der Waals surface area contributed by atoms with Crippen molar-refractivity contribution in [3.8, 4) is 0 Å². The molecule has 1 saturated heterocycles. The fourth-order valence-corrected chi connectivity index (χ4v) is 4.65. The van der Waals surface area contributed by atoms with Gasteiger partial charge >= 0.3 is 6.03 Å². The van der Waals surface area contributed by atoms with E-state index >= 15 is 0 Å². The summed E-state index contributed by atoms with van der Waals surface area (Å²) >= 11 is 1.97. The van der Waals surface area contributed by atoms with Crippen LogP contribution in [-0.4, -0.2) is 43.0 Å². The van der Waals surface area contributed by atoms with Crippen LogP contribution in [0.3, 0.4) is 0 Å². The van der Waals surface area contributed by atoms with Crippen molar-refractivity contribution in [1.82, 2.24) is 4.90 Å². The van der Waals surface area contributed by atoms with E-state index in [9.17, 15) is 4.79 Å². The van der Waals surface area contributed by atoms with Gasteiger partial charge in [-0.05, 0) is 43.5 Å². The maximum Gasteiger partial charge on any atom is 0.321 e. The molecule has 4 nitrogen and oxygen atoms in total. The van der Waals surface area contributed by atoms with Gasteiger partial charge in [0.15, 0.2) is 0 Å². The maximum atomic E-state index is 12.3. The average Bonchev–Trinajstić information content (AvgIpc) is 3.21. The average molecular weight is 334 g/mol. The minimum absolute atomic E-state index is 0.000186. The Kier molecular flexibility index (Phi) is 5.84. The minimum Gasteiger partial charge on any atom is -0.384 e. The van der Waals surface area contributed by atoms with Gasteiger partial charge in [-0.15, -0.1) is 11.8 Å². The number of rotatable bonds is 5. The summed E-state index contributed by atoms with van der Waals surface area (Å²) in [5.74, 6) is 0.468. The summed E-state index contributed by atoms with van der Waals surface area (Å²) < 4.78 is 5.18. The van der Waals surface area contributed by atoms with Crippen LogP contribution in [0.5, 0.6) is 0 Å². The first-order valence-corrected chi connectivity index (χ1v) is 9.44. The van der Waals surface area contributed by atoms with E-state index in [0.29, 0.717) is 5.92 Å². The first-order valence-electron chi connectivity index (χ1n) is 8.56. The molecule has 2 amide bonds. The van der Waals surface area contributed by atoms with E-state index in [1.807, 2.05) is 28.8 Å². The molecule has 0 bridgehead atoms. The Hall–Kier alpha value is -1.20. The molecule has 1 aromatic rings. The Morgan fingerprint density at radius 1 is 1.26 bits per heavy atom. The third-order valence-electron chi connectivity index (χ3n) is 4.69. The number of amides is 2. The van der Waals surface area contributed by atoms with Crippen molar-refractivity contribution in [2.45, 2.75) is 42.2 Å². The molecule has 1 atom stereocenters. The predicted molar refractivity (Wildman–Crippen MR) is 95.1 cm³/mol. The minimum atomic E-state index is -0.000186. The molecule has 126 valence electrons. The molecule has 2 aliphatic rings. The van der Waals surface area contributed by atoms with E-state index in [4.69, 9.17) is 4.74 Å². The smallest absolute Gasteiger partial charge is 0.321 e. The number of ether oxygens (including phenoxy) is 1. The van der Waals surface area contributed by atoms with Crippen LogP contribution in [-0.2, 0) is 4.74 Å². The van der Waals surface area contributed by atoms with Gasteiger partial charge in [0.25, 0.3) is 0 Å². The van der Waals surface area contributed by atoms with Crippen LogP contribution in [0.1, 0.15) is 32.1 Å². The summed E-state index contributed by atoms with van der Waals surface area (Å²) in [6.45, 7) is 2.33. The van der Waals surface area contributed by atoms with E-state index in [1.54, 1.807) is 7.11 Å². The number of carbonyl (C=O) groups excluding carboxylic acids is 1. The lowest BCUT2D eigenvalue weighted by Crippen LogP contribution is -2.33. The van der Waals surface area contributed by atoms with E-state index < -0.39 is 0 Å². The highest BCUT2D eigenvalue weighted by Crippen LogP contribution is 2.35. The lowest BCUT2D eigenvalue weighted by molar-refractivity contribution is 0.154. The number of hydrogen-bond acceptors (Lipinski definition) is 3.